The molecule has 3 N–H and O–H groups in total. The van der Waals surface area contributed by atoms with E-state index in [2.05, 4.69) is 4.98 Å². The predicted molar refractivity (Wildman–Crippen MR) is 81.2 cm³/mol. The lowest BCUT2D eigenvalue weighted by Gasteiger charge is -2.34. The van der Waals surface area contributed by atoms with Gasteiger partial charge in [-0.05, 0) is 32.2 Å². The van der Waals surface area contributed by atoms with Crippen molar-refractivity contribution in [2.75, 3.05) is 5.73 Å². The average molecular weight is 313 g/mol. The fourth-order valence-electron chi connectivity index (χ4n) is 1.97. The van der Waals surface area contributed by atoms with Crippen molar-refractivity contribution in [1.29, 1.82) is 0 Å². The standard InChI is InChI=1S/C15H16N4O3/c1-8-17-10-5-3-4-9(16)12(10)13(21)19(8)15(2)7-6-11(20)18-14(15)22/h3-5H,6-7,16H2,1-2H3,(H,18,20,22)/t15-/m0/s1/i1D3,2D3,3D,4D,5D,6D2,7D2. The molecule has 7 heteroatoms. The third-order valence-electron chi connectivity index (χ3n) is 2.98. The number of carbonyl (C=O) groups excluding carboxylic acids is 2. The zero-order valence-corrected chi connectivity index (χ0v) is 10.7. The Morgan fingerprint density at radius 3 is 3.05 bits per heavy atom. The molecule has 1 aromatic carbocycles. The molecule has 0 bridgehead atoms. The highest BCUT2D eigenvalue weighted by Crippen LogP contribution is 2.27. The van der Waals surface area contributed by atoms with E-state index in [9.17, 15) is 14.4 Å². The number of hydrogen-bond donors (Lipinski definition) is 2. The number of fused-ring (bicyclic) bond motifs is 1. The maximum atomic E-state index is 13.7. The number of hydrogen-bond acceptors (Lipinski definition) is 5. The molecule has 0 unspecified atom stereocenters. The summed E-state index contributed by atoms with van der Waals surface area (Å²) >= 11 is 0. The molecule has 22 heavy (non-hydrogen) atoms. The number of aromatic nitrogens is 2. The number of benzene rings is 1. The normalized spacial score (nSPS) is 36.3. The van der Waals surface area contributed by atoms with Crippen molar-refractivity contribution in [1.82, 2.24) is 14.9 Å². The number of aryl methyl sites for hydroxylation is 1. The lowest BCUT2D eigenvalue weighted by molar-refractivity contribution is -0.140. The largest absolute Gasteiger partial charge is 0.398 e. The van der Waals surface area contributed by atoms with E-state index >= 15 is 0 Å². The van der Waals surface area contributed by atoms with Crippen molar-refractivity contribution in [2.45, 2.75) is 32.0 Å². The van der Waals surface area contributed by atoms with Gasteiger partial charge in [0, 0.05) is 25.8 Å². The molecule has 0 spiro atoms. The van der Waals surface area contributed by atoms with E-state index in [0.717, 1.165) is 0 Å². The first-order chi connectivity index (χ1) is 15.6. The van der Waals surface area contributed by atoms with Gasteiger partial charge in [0.15, 0.2) is 0 Å². The summed E-state index contributed by atoms with van der Waals surface area (Å²) in [5.74, 6) is -5.46. The van der Waals surface area contributed by atoms with Gasteiger partial charge in [-0.3, -0.25) is 24.3 Å². The average Bonchev–Trinajstić information content (AvgIpc) is 2.68. The van der Waals surface area contributed by atoms with Crippen molar-refractivity contribution in [3.05, 3.63) is 34.3 Å². The molecule has 1 atom stereocenters. The van der Waals surface area contributed by atoms with Crippen LogP contribution >= 0.6 is 0 Å². The van der Waals surface area contributed by atoms with Gasteiger partial charge in [0.2, 0.25) is 5.91 Å². The van der Waals surface area contributed by atoms with Crippen LogP contribution in [0, 0.1) is 6.85 Å². The van der Waals surface area contributed by atoms with Gasteiger partial charge >= 0.3 is 0 Å². The van der Waals surface area contributed by atoms with Gasteiger partial charge in [-0.2, -0.15) is 0 Å². The first-order valence-corrected chi connectivity index (χ1v) is 5.77. The molecule has 1 aliphatic heterocycles. The molecule has 2 aromatic rings. The summed E-state index contributed by atoms with van der Waals surface area (Å²) in [4.78, 5) is 42.5. The number of nitrogens with zero attached hydrogens (tertiary/aromatic N) is 2. The van der Waals surface area contributed by atoms with Crippen LogP contribution in [0.4, 0.5) is 5.69 Å². The summed E-state index contributed by atoms with van der Waals surface area (Å²) in [5, 5.41) is 0.398. The zero-order chi connectivity index (χ0) is 27.3. The summed E-state index contributed by atoms with van der Waals surface area (Å²) in [6.07, 6.45) is -7.87. The number of anilines is 1. The quantitative estimate of drug-likeness (QED) is 0.587. The molecule has 1 aromatic heterocycles. The molecule has 0 aliphatic carbocycles. The number of nitrogens with two attached hydrogens (primary N) is 1. The Morgan fingerprint density at radius 1 is 1.50 bits per heavy atom. The highest BCUT2D eigenvalue weighted by molar-refractivity contribution is 6.01. The monoisotopic (exact) mass is 313 g/mol. The van der Waals surface area contributed by atoms with E-state index in [1.807, 2.05) is 0 Å². The van der Waals surface area contributed by atoms with Crippen LogP contribution in [0.5, 0.6) is 0 Å². The number of imide groups is 1. The fourth-order valence-corrected chi connectivity index (χ4v) is 1.97. The van der Waals surface area contributed by atoms with E-state index < -0.39 is 89.9 Å². The van der Waals surface area contributed by atoms with Crippen molar-refractivity contribution in [2.24, 2.45) is 0 Å². The van der Waals surface area contributed by atoms with E-state index in [1.165, 1.54) is 5.32 Å². The van der Waals surface area contributed by atoms with Crippen molar-refractivity contribution >= 4 is 28.4 Å². The van der Waals surface area contributed by atoms with Crippen molar-refractivity contribution < 1.29 is 27.4 Å². The third kappa shape index (κ3) is 1.89. The Hall–Kier alpha value is -2.70. The number of carbonyl (C=O) groups is 2. The molecule has 2 heterocycles. The number of nitrogen functional groups attached to an aromatic ring is 1. The molecule has 114 valence electrons. The van der Waals surface area contributed by atoms with Crippen LogP contribution in [0.1, 0.15) is 43.2 Å². The minimum absolute atomic E-state index is 0.381. The van der Waals surface area contributed by atoms with Gasteiger partial charge in [0.05, 0.1) is 15.0 Å². The van der Waals surface area contributed by atoms with Crippen molar-refractivity contribution in [3.63, 3.8) is 0 Å². The third-order valence-corrected chi connectivity index (χ3v) is 2.98. The lowest BCUT2D eigenvalue weighted by atomic mass is 9.90. The minimum Gasteiger partial charge on any atom is -0.398 e. The van der Waals surface area contributed by atoms with E-state index in [1.54, 1.807) is 0 Å². The van der Waals surface area contributed by atoms with Crippen LogP contribution in [-0.4, -0.2) is 21.4 Å². The van der Waals surface area contributed by atoms with Crippen LogP contribution in [0.15, 0.2) is 22.9 Å². The zero-order valence-electron chi connectivity index (χ0n) is 23.7. The first-order valence-electron chi connectivity index (χ1n) is 12.3. The fraction of sp³-hybridized carbons (Fsp3) is 0.333. The van der Waals surface area contributed by atoms with Gasteiger partial charge in [-0.25, -0.2) is 4.98 Å². The molecule has 3 rings (SSSR count). The number of rotatable bonds is 1. The van der Waals surface area contributed by atoms with Crippen LogP contribution in [0.25, 0.3) is 10.9 Å². The molecular weight excluding hydrogens is 284 g/mol. The number of nitrogens with one attached hydrogen (secondary N) is 1. The van der Waals surface area contributed by atoms with E-state index in [0.29, 0.717) is 0 Å². The summed E-state index contributed by atoms with van der Waals surface area (Å²) in [6.45, 7) is -7.59. The Bertz CT molecular complexity index is 1360. The number of piperidine rings is 1. The molecule has 1 saturated heterocycles. The molecule has 1 fully saturated rings. The molecule has 0 radical (unpaired) electrons. The second-order valence-corrected chi connectivity index (χ2v) is 4.33. The highest BCUT2D eigenvalue weighted by Gasteiger charge is 2.42. The van der Waals surface area contributed by atoms with Crippen LogP contribution in [0.2, 0.25) is 0 Å². The summed E-state index contributed by atoms with van der Waals surface area (Å²) in [5.41, 5.74) is -1.78. The predicted octanol–water partition coefficient (Wildman–Crippen LogP) is 0.439. The van der Waals surface area contributed by atoms with Crippen LogP contribution in [-0.2, 0) is 15.1 Å². The number of amides is 2. The second-order valence-electron chi connectivity index (χ2n) is 4.33. The summed E-state index contributed by atoms with van der Waals surface area (Å²) < 4.78 is 103. The maximum absolute atomic E-state index is 13.7. The Kier molecular flexibility index (Phi) is 1.16. The SMILES string of the molecule is [2H]c1c([2H])c(N)c2c(=O)n([C@]3(C([2H])([2H])[2H])C(=O)NC(=O)C([2H])([2H])C3([2H])[2H])c(C([2H])([2H])[2H])nc2c1[2H]. The van der Waals surface area contributed by atoms with E-state index in [4.69, 9.17) is 23.6 Å². The molecule has 1 aliphatic rings. The van der Waals surface area contributed by atoms with Gasteiger partial charge in [-0.15, -0.1) is 0 Å². The van der Waals surface area contributed by atoms with Gasteiger partial charge in [-0.1, -0.05) is 6.04 Å². The van der Waals surface area contributed by atoms with Gasteiger partial charge < -0.3 is 5.73 Å². The van der Waals surface area contributed by atoms with Gasteiger partial charge in [0.25, 0.3) is 11.5 Å². The lowest BCUT2D eigenvalue weighted by Crippen LogP contribution is -2.56. The van der Waals surface area contributed by atoms with Crippen LogP contribution < -0.4 is 16.6 Å². The highest BCUT2D eigenvalue weighted by atomic mass is 16.2. The maximum Gasteiger partial charge on any atom is 0.264 e. The Balaban J connectivity index is 2.78. The van der Waals surface area contributed by atoms with Crippen molar-refractivity contribution in [3.8, 4) is 0 Å². The van der Waals surface area contributed by atoms with E-state index in [-0.39, 0.29) is 4.57 Å². The van der Waals surface area contributed by atoms with Crippen LogP contribution in [0.3, 0.4) is 0 Å². The van der Waals surface area contributed by atoms with Gasteiger partial charge in [0.1, 0.15) is 11.4 Å². The summed E-state index contributed by atoms with van der Waals surface area (Å²) in [7, 11) is 0. The molecule has 0 saturated carbocycles. The molecule has 7 nitrogen and oxygen atoms in total. The first kappa shape index (κ1) is 5.49. The molecular formula is C15H16N4O3. The second kappa shape index (κ2) is 4.66. The Labute approximate surface area is 144 Å². The minimum atomic E-state index is -4.08. The smallest absolute Gasteiger partial charge is 0.264 e. The Morgan fingerprint density at radius 2 is 2.32 bits per heavy atom. The summed E-state index contributed by atoms with van der Waals surface area (Å²) in [6, 6.07) is -2.67. The topological polar surface area (TPSA) is 107 Å². The molecule has 2 amide bonds.